The molecular weight excluding hydrogens is 715 g/mol. The van der Waals surface area contributed by atoms with Gasteiger partial charge in [0, 0.05) is 41.3 Å². The van der Waals surface area contributed by atoms with E-state index in [-0.39, 0.29) is 0 Å². The summed E-state index contributed by atoms with van der Waals surface area (Å²) in [5, 5.41) is 2.29. The van der Waals surface area contributed by atoms with Gasteiger partial charge < -0.3 is 0 Å². The first-order valence-corrected chi connectivity index (χ1v) is 20.0. The maximum atomic E-state index is 5.62. The van der Waals surface area contributed by atoms with Crippen LogP contribution in [0.25, 0.3) is 100 Å². The molecule has 0 aliphatic carbocycles. The van der Waals surface area contributed by atoms with Crippen LogP contribution in [-0.2, 0) is 0 Å². The largest absolute Gasteiger partial charge is 0.264 e. The molecule has 59 heavy (non-hydrogen) atoms. The Morgan fingerprint density at radius 2 is 0.729 bits per heavy atom. The Morgan fingerprint density at radius 3 is 1.25 bits per heavy atom. The van der Waals surface area contributed by atoms with Gasteiger partial charge in [0.1, 0.15) is 0 Å². The van der Waals surface area contributed by atoms with Crippen LogP contribution in [0.4, 0.5) is 0 Å². The molecule has 3 nitrogen and oxygen atoms in total. The van der Waals surface area contributed by atoms with Crippen LogP contribution in [0.2, 0.25) is 0 Å². The van der Waals surface area contributed by atoms with Gasteiger partial charge in [-0.3, -0.25) is 9.97 Å². The number of aromatic nitrogens is 3. The van der Waals surface area contributed by atoms with Crippen LogP contribution in [0.1, 0.15) is 5.56 Å². The number of aryl methyl sites for hydroxylation is 1. The van der Waals surface area contributed by atoms with E-state index in [0.717, 1.165) is 72.4 Å². The summed E-state index contributed by atoms with van der Waals surface area (Å²) in [5.74, 6) is 0. The van der Waals surface area contributed by atoms with Crippen molar-refractivity contribution in [3.63, 3.8) is 0 Å². The Hall–Kier alpha value is -7.75. The van der Waals surface area contributed by atoms with Gasteiger partial charge in [-0.2, -0.15) is 0 Å². The van der Waals surface area contributed by atoms with Crippen LogP contribution in [0.5, 0.6) is 0 Å². The summed E-state index contributed by atoms with van der Waals surface area (Å²) >= 11 is 0. The molecule has 10 rings (SSSR count). The molecule has 0 aliphatic rings. The third kappa shape index (κ3) is 7.11. The lowest BCUT2D eigenvalue weighted by atomic mass is 9.86. The predicted molar refractivity (Wildman–Crippen MR) is 246 cm³/mol. The number of hydrogen-bond donors (Lipinski definition) is 0. The highest BCUT2D eigenvalue weighted by Crippen LogP contribution is 2.44. The summed E-state index contributed by atoms with van der Waals surface area (Å²) in [6.07, 6.45) is 7.44. The van der Waals surface area contributed by atoms with Crippen LogP contribution >= 0.6 is 0 Å². The number of rotatable bonds is 8. The molecule has 0 amide bonds. The predicted octanol–water partition coefficient (Wildman–Crippen LogP) is 14.7. The Labute approximate surface area is 345 Å². The van der Waals surface area contributed by atoms with E-state index in [1.807, 2.05) is 36.9 Å². The molecule has 0 aliphatic heterocycles. The Kier molecular flexibility index (Phi) is 9.46. The van der Waals surface area contributed by atoms with Crippen molar-refractivity contribution in [3.05, 3.63) is 224 Å². The first kappa shape index (κ1) is 35.6. The average molecular weight is 754 g/mol. The van der Waals surface area contributed by atoms with E-state index in [4.69, 9.17) is 4.98 Å². The summed E-state index contributed by atoms with van der Waals surface area (Å²) in [6, 6.07) is 69.5. The van der Waals surface area contributed by atoms with E-state index >= 15 is 0 Å². The molecule has 10 aromatic rings. The molecule has 0 radical (unpaired) electrons. The molecule has 0 unspecified atom stereocenters. The van der Waals surface area contributed by atoms with Crippen molar-refractivity contribution in [1.29, 1.82) is 0 Å². The highest BCUT2D eigenvalue weighted by Gasteiger charge is 2.20. The average Bonchev–Trinajstić information content (AvgIpc) is 3.33. The van der Waals surface area contributed by atoms with Gasteiger partial charge in [0.25, 0.3) is 0 Å². The van der Waals surface area contributed by atoms with Gasteiger partial charge in [-0.15, -0.1) is 0 Å². The highest BCUT2D eigenvalue weighted by atomic mass is 14.7. The van der Waals surface area contributed by atoms with Crippen molar-refractivity contribution in [3.8, 4) is 89.3 Å². The van der Waals surface area contributed by atoms with E-state index in [9.17, 15) is 0 Å². The molecule has 7 aromatic carbocycles. The van der Waals surface area contributed by atoms with E-state index in [1.54, 1.807) is 0 Å². The molecule has 278 valence electrons. The summed E-state index contributed by atoms with van der Waals surface area (Å²) in [5.41, 5.74) is 18.9. The summed E-state index contributed by atoms with van der Waals surface area (Å²) < 4.78 is 0. The molecule has 0 N–H and O–H groups in total. The second-order valence-corrected chi connectivity index (χ2v) is 14.9. The van der Waals surface area contributed by atoms with Crippen LogP contribution < -0.4 is 0 Å². The molecule has 3 heterocycles. The van der Waals surface area contributed by atoms with Gasteiger partial charge in [-0.25, -0.2) is 4.98 Å². The summed E-state index contributed by atoms with van der Waals surface area (Å²) in [4.78, 5) is 14.4. The number of fused-ring (bicyclic) bond motifs is 1. The monoisotopic (exact) mass is 753 g/mol. The van der Waals surface area contributed by atoms with Gasteiger partial charge >= 0.3 is 0 Å². The Morgan fingerprint density at radius 1 is 0.305 bits per heavy atom. The smallest absolute Gasteiger partial charge is 0.0788 e. The van der Waals surface area contributed by atoms with Gasteiger partial charge in [0.05, 0.1) is 11.4 Å². The van der Waals surface area contributed by atoms with E-state index < -0.39 is 0 Å². The number of benzene rings is 7. The molecule has 3 heteroatoms. The Balaban J connectivity index is 1.24. The quantitative estimate of drug-likeness (QED) is 0.155. The molecule has 0 saturated heterocycles. The summed E-state index contributed by atoms with van der Waals surface area (Å²) in [6.45, 7) is 2.23. The molecule has 0 fully saturated rings. The normalized spacial score (nSPS) is 11.1. The Bertz CT molecular complexity index is 3050. The van der Waals surface area contributed by atoms with Gasteiger partial charge in [-0.1, -0.05) is 158 Å². The molecule has 3 aromatic heterocycles. The van der Waals surface area contributed by atoms with E-state index in [0.29, 0.717) is 0 Å². The minimum absolute atomic E-state index is 0.941. The SMILES string of the molecule is Cc1c(-c2ccc(-c3cccnc3)cc2)nc(-c2ccc(-c3cccnc3)cc2)c2cc(-c3cccc(-c4ccccc4)c3)cc(-c3cccc(-c4ccccc4)c3)c12. The fourth-order valence-corrected chi connectivity index (χ4v) is 8.22. The van der Waals surface area contributed by atoms with Crippen molar-refractivity contribution >= 4 is 10.8 Å². The zero-order chi connectivity index (χ0) is 39.5. The standard InChI is InChI=1S/C56H39N3/c1-38-54-52(48-19-9-17-46(33-48)40-14-6-3-7-15-40)34-51(47-18-8-16-45(32-47)39-12-4-2-5-13-39)35-53(54)56(44-28-24-42(25-29-44)50-21-11-31-58-37-50)59-55(38)43-26-22-41(23-27-43)49-20-10-30-57-36-49/h2-37H,1H3. The first-order chi connectivity index (χ1) is 29.2. The van der Waals surface area contributed by atoms with Crippen molar-refractivity contribution < 1.29 is 0 Å². The lowest BCUT2D eigenvalue weighted by molar-refractivity contribution is 1.30. The van der Waals surface area contributed by atoms with Crippen LogP contribution in [0, 0.1) is 6.92 Å². The highest BCUT2D eigenvalue weighted by molar-refractivity contribution is 6.09. The number of hydrogen-bond acceptors (Lipinski definition) is 3. The van der Waals surface area contributed by atoms with E-state index in [2.05, 4.69) is 199 Å². The molecule has 0 atom stereocenters. The third-order valence-corrected chi connectivity index (χ3v) is 11.2. The lowest BCUT2D eigenvalue weighted by Gasteiger charge is -2.20. The molecule has 0 bridgehead atoms. The van der Waals surface area contributed by atoms with Crippen molar-refractivity contribution in [2.24, 2.45) is 0 Å². The fourth-order valence-electron chi connectivity index (χ4n) is 8.22. The third-order valence-electron chi connectivity index (χ3n) is 11.2. The summed E-state index contributed by atoms with van der Waals surface area (Å²) in [7, 11) is 0. The topological polar surface area (TPSA) is 38.7 Å². The number of pyridine rings is 3. The van der Waals surface area contributed by atoms with Crippen LogP contribution in [0.15, 0.2) is 219 Å². The van der Waals surface area contributed by atoms with Gasteiger partial charge in [0.2, 0.25) is 0 Å². The van der Waals surface area contributed by atoms with Crippen LogP contribution in [0.3, 0.4) is 0 Å². The maximum Gasteiger partial charge on any atom is 0.0788 e. The molecule has 0 spiro atoms. The van der Waals surface area contributed by atoms with Crippen molar-refractivity contribution in [2.45, 2.75) is 6.92 Å². The zero-order valence-corrected chi connectivity index (χ0v) is 32.6. The number of nitrogens with zero attached hydrogens (tertiary/aromatic N) is 3. The minimum atomic E-state index is 0.941. The van der Waals surface area contributed by atoms with Crippen molar-refractivity contribution in [2.75, 3.05) is 0 Å². The van der Waals surface area contributed by atoms with Gasteiger partial charge in [-0.05, 0) is 121 Å². The zero-order valence-electron chi connectivity index (χ0n) is 32.6. The van der Waals surface area contributed by atoms with E-state index in [1.165, 1.54) is 33.2 Å². The molecule has 0 saturated carbocycles. The lowest BCUT2D eigenvalue weighted by Crippen LogP contribution is -1.98. The van der Waals surface area contributed by atoms with Gasteiger partial charge in [0.15, 0.2) is 0 Å². The van der Waals surface area contributed by atoms with Crippen LogP contribution in [-0.4, -0.2) is 15.0 Å². The second-order valence-electron chi connectivity index (χ2n) is 14.9. The fraction of sp³-hybridized carbons (Fsp3) is 0.0179. The minimum Gasteiger partial charge on any atom is -0.264 e. The first-order valence-electron chi connectivity index (χ1n) is 20.0. The second kappa shape index (κ2) is 15.7. The molecular formula is C56H39N3. The van der Waals surface area contributed by atoms with Crippen molar-refractivity contribution in [1.82, 2.24) is 15.0 Å². The maximum absolute atomic E-state index is 5.62.